The molecule has 1 saturated heterocycles. The Bertz CT molecular complexity index is 1120. The minimum Gasteiger partial charge on any atom is -0.463 e. The van der Waals surface area contributed by atoms with Crippen molar-refractivity contribution in [3.8, 4) is 0 Å². The van der Waals surface area contributed by atoms with E-state index in [0.717, 1.165) is 18.3 Å². The number of hydrogen-bond acceptors (Lipinski definition) is 9. The molecular formula is C18H20N4O5S2. The second-order valence-corrected chi connectivity index (χ2v) is 9.11. The summed E-state index contributed by atoms with van der Waals surface area (Å²) in [5.74, 6) is 0.279. The molecule has 0 unspecified atom stereocenters. The highest BCUT2D eigenvalue weighted by atomic mass is 32.2. The molecule has 0 radical (unpaired) electrons. The SMILES string of the molecule is COC(=O)c1ccc(CN2CCCN(S(=O)(=O)c3cccc4nsnc34)CC2)o1. The van der Waals surface area contributed by atoms with E-state index >= 15 is 0 Å². The second kappa shape index (κ2) is 8.19. The minimum atomic E-state index is -3.66. The molecule has 29 heavy (non-hydrogen) atoms. The molecule has 1 fully saturated rings. The number of nitrogens with zero attached hydrogens (tertiary/aromatic N) is 4. The van der Waals surface area contributed by atoms with Crippen molar-refractivity contribution in [1.29, 1.82) is 0 Å². The average molecular weight is 437 g/mol. The number of furan rings is 1. The molecule has 0 N–H and O–H groups in total. The summed E-state index contributed by atoms with van der Waals surface area (Å²) >= 11 is 1.01. The second-order valence-electron chi connectivity index (χ2n) is 6.68. The van der Waals surface area contributed by atoms with E-state index in [0.29, 0.717) is 49.4 Å². The average Bonchev–Trinajstić information content (AvgIpc) is 3.32. The van der Waals surface area contributed by atoms with E-state index in [2.05, 4.69) is 18.4 Å². The van der Waals surface area contributed by atoms with Crippen LogP contribution in [0.3, 0.4) is 0 Å². The number of benzene rings is 1. The fraction of sp³-hybridized carbons (Fsp3) is 0.389. The summed E-state index contributed by atoms with van der Waals surface area (Å²) in [4.78, 5) is 13.8. The van der Waals surface area contributed by atoms with Gasteiger partial charge in [0.15, 0.2) is 0 Å². The van der Waals surface area contributed by atoms with Gasteiger partial charge in [0.1, 0.15) is 21.7 Å². The molecule has 4 rings (SSSR count). The first kappa shape index (κ1) is 20.0. The molecule has 3 aromatic rings. The number of carbonyl (C=O) groups is 1. The van der Waals surface area contributed by atoms with Crippen LogP contribution in [0, 0.1) is 0 Å². The summed E-state index contributed by atoms with van der Waals surface area (Å²) in [5, 5.41) is 0. The summed E-state index contributed by atoms with van der Waals surface area (Å²) in [6.45, 7) is 2.57. The van der Waals surface area contributed by atoms with Gasteiger partial charge in [0.2, 0.25) is 15.8 Å². The fourth-order valence-corrected chi connectivity index (χ4v) is 5.59. The highest BCUT2D eigenvalue weighted by Gasteiger charge is 2.29. The molecule has 0 bridgehead atoms. The van der Waals surface area contributed by atoms with Crippen molar-refractivity contribution in [2.45, 2.75) is 17.9 Å². The molecule has 0 spiro atoms. The summed E-state index contributed by atoms with van der Waals surface area (Å²) in [7, 11) is -2.36. The van der Waals surface area contributed by atoms with Gasteiger partial charge in [-0.15, -0.1) is 0 Å². The molecule has 0 aliphatic carbocycles. The molecule has 9 nitrogen and oxygen atoms in total. The van der Waals surface area contributed by atoms with Gasteiger partial charge in [0.25, 0.3) is 0 Å². The zero-order valence-electron chi connectivity index (χ0n) is 15.8. The lowest BCUT2D eigenvalue weighted by molar-refractivity contribution is 0.0561. The van der Waals surface area contributed by atoms with Crippen LogP contribution in [-0.2, 0) is 21.3 Å². The standard InChI is InChI=1S/C18H20N4O5S2/c1-26-18(23)15-7-6-13(27-15)12-21-8-3-9-22(11-10-21)29(24,25)16-5-2-4-14-17(16)20-28-19-14/h2,4-7H,3,8-12H2,1H3. The molecule has 1 aliphatic heterocycles. The Hall–Kier alpha value is -2.34. The quantitative estimate of drug-likeness (QED) is 0.559. The van der Waals surface area contributed by atoms with Crippen molar-refractivity contribution in [2.75, 3.05) is 33.3 Å². The third-order valence-electron chi connectivity index (χ3n) is 4.84. The number of sulfonamides is 1. The van der Waals surface area contributed by atoms with Crippen molar-refractivity contribution >= 4 is 38.8 Å². The van der Waals surface area contributed by atoms with Crippen LogP contribution in [0.25, 0.3) is 11.0 Å². The number of carbonyl (C=O) groups excluding carboxylic acids is 1. The van der Waals surface area contributed by atoms with Crippen LogP contribution in [-0.4, -0.2) is 65.6 Å². The third kappa shape index (κ3) is 4.04. The van der Waals surface area contributed by atoms with E-state index in [9.17, 15) is 13.2 Å². The predicted molar refractivity (Wildman–Crippen MR) is 106 cm³/mol. The zero-order valence-corrected chi connectivity index (χ0v) is 17.4. The van der Waals surface area contributed by atoms with Crippen molar-refractivity contribution < 1.29 is 22.4 Å². The normalized spacial score (nSPS) is 16.7. The largest absolute Gasteiger partial charge is 0.463 e. The monoisotopic (exact) mass is 436 g/mol. The molecule has 11 heteroatoms. The maximum Gasteiger partial charge on any atom is 0.373 e. The van der Waals surface area contributed by atoms with Crippen LogP contribution in [0.15, 0.2) is 39.6 Å². The highest BCUT2D eigenvalue weighted by Crippen LogP contribution is 2.25. The first-order valence-electron chi connectivity index (χ1n) is 9.10. The van der Waals surface area contributed by atoms with Gasteiger partial charge in [-0.05, 0) is 37.2 Å². The van der Waals surface area contributed by atoms with Crippen LogP contribution in [0.4, 0.5) is 0 Å². The van der Waals surface area contributed by atoms with Gasteiger partial charge in [-0.25, -0.2) is 13.2 Å². The number of rotatable bonds is 5. The lowest BCUT2D eigenvalue weighted by Gasteiger charge is -2.21. The van der Waals surface area contributed by atoms with E-state index in [1.807, 2.05) is 0 Å². The van der Waals surface area contributed by atoms with Crippen molar-refractivity contribution in [3.63, 3.8) is 0 Å². The number of aromatic nitrogens is 2. The van der Waals surface area contributed by atoms with Crippen LogP contribution in [0.1, 0.15) is 22.7 Å². The summed E-state index contributed by atoms with van der Waals surface area (Å²) in [6, 6.07) is 8.35. The first-order valence-corrected chi connectivity index (χ1v) is 11.3. The van der Waals surface area contributed by atoms with Gasteiger partial charge in [0, 0.05) is 19.6 Å². The molecule has 1 aliphatic rings. The molecule has 1 aromatic carbocycles. The van der Waals surface area contributed by atoms with Gasteiger partial charge < -0.3 is 9.15 Å². The Morgan fingerprint density at radius 2 is 2.03 bits per heavy atom. The van der Waals surface area contributed by atoms with Crippen molar-refractivity contribution in [3.05, 3.63) is 41.9 Å². The Morgan fingerprint density at radius 3 is 2.86 bits per heavy atom. The van der Waals surface area contributed by atoms with E-state index < -0.39 is 16.0 Å². The van der Waals surface area contributed by atoms with Gasteiger partial charge in [-0.2, -0.15) is 13.1 Å². The Morgan fingerprint density at radius 1 is 1.17 bits per heavy atom. The third-order valence-corrected chi connectivity index (χ3v) is 7.31. The molecule has 2 aromatic heterocycles. The molecule has 154 valence electrons. The number of methoxy groups -OCH3 is 1. The van der Waals surface area contributed by atoms with Gasteiger partial charge in [0.05, 0.1) is 25.4 Å². The van der Waals surface area contributed by atoms with Crippen LogP contribution >= 0.6 is 11.7 Å². The number of esters is 1. The highest BCUT2D eigenvalue weighted by molar-refractivity contribution is 7.89. The number of ether oxygens (including phenoxy) is 1. The number of fused-ring (bicyclic) bond motifs is 1. The zero-order chi connectivity index (χ0) is 20.4. The Labute approximate surface area is 172 Å². The Balaban J connectivity index is 1.46. The van der Waals surface area contributed by atoms with Gasteiger partial charge >= 0.3 is 5.97 Å². The Kier molecular flexibility index (Phi) is 5.63. The molecule has 0 atom stereocenters. The van der Waals surface area contributed by atoms with Crippen LogP contribution in [0.5, 0.6) is 0 Å². The predicted octanol–water partition coefficient (Wildman–Crippen LogP) is 1.97. The van der Waals surface area contributed by atoms with Crippen molar-refractivity contribution in [2.24, 2.45) is 0 Å². The van der Waals surface area contributed by atoms with Gasteiger partial charge in [-0.1, -0.05) is 6.07 Å². The summed E-state index contributed by atoms with van der Waals surface area (Å²) < 4.78 is 46.4. The lowest BCUT2D eigenvalue weighted by atomic mass is 10.3. The molecule has 0 saturated carbocycles. The van der Waals surface area contributed by atoms with E-state index in [1.165, 1.54) is 11.4 Å². The molecule has 3 heterocycles. The lowest BCUT2D eigenvalue weighted by Crippen LogP contribution is -2.35. The first-order chi connectivity index (χ1) is 14.0. The van der Waals surface area contributed by atoms with Crippen LogP contribution in [0.2, 0.25) is 0 Å². The van der Waals surface area contributed by atoms with E-state index in [-0.39, 0.29) is 10.7 Å². The minimum absolute atomic E-state index is 0.159. The molecule has 0 amide bonds. The topological polar surface area (TPSA) is 106 Å². The van der Waals surface area contributed by atoms with E-state index in [1.54, 1.807) is 30.3 Å². The summed E-state index contributed by atoms with van der Waals surface area (Å²) in [5.41, 5.74) is 1.01. The van der Waals surface area contributed by atoms with E-state index in [4.69, 9.17) is 4.42 Å². The molecular weight excluding hydrogens is 416 g/mol. The van der Waals surface area contributed by atoms with Gasteiger partial charge in [-0.3, -0.25) is 4.90 Å². The fourth-order valence-electron chi connectivity index (χ4n) is 3.37. The summed E-state index contributed by atoms with van der Waals surface area (Å²) in [6.07, 6.45) is 0.690. The van der Waals surface area contributed by atoms with Crippen molar-refractivity contribution in [1.82, 2.24) is 18.0 Å². The smallest absolute Gasteiger partial charge is 0.373 e. The maximum absolute atomic E-state index is 13.2. The van der Waals surface area contributed by atoms with Crippen LogP contribution < -0.4 is 0 Å². The maximum atomic E-state index is 13.2. The number of hydrogen-bond donors (Lipinski definition) is 0.